The van der Waals surface area contributed by atoms with Crippen molar-refractivity contribution < 1.29 is 24.2 Å². The van der Waals surface area contributed by atoms with E-state index >= 15 is 0 Å². The van der Waals surface area contributed by atoms with Crippen LogP contribution in [-0.2, 0) is 20.8 Å². The third kappa shape index (κ3) is 7.88. The SMILES string of the molecule is COc1ccc(-c2ccc(CC(NC(=O)C3CCN(C(=O)/C=C/c4ccc(SC)c(Cl)c4Cl)CC3)C(=O)O)cc2)cc1. The summed E-state index contributed by atoms with van der Waals surface area (Å²) in [5.41, 5.74) is 3.46. The van der Waals surface area contributed by atoms with Gasteiger partial charge in [-0.25, -0.2) is 4.79 Å². The van der Waals surface area contributed by atoms with Crippen LogP contribution in [0.25, 0.3) is 17.2 Å². The molecule has 1 fully saturated rings. The topological polar surface area (TPSA) is 95.9 Å². The number of carbonyl (C=O) groups excluding carboxylic acids is 2. The largest absolute Gasteiger partial charge is 0.497 e. The smallest absolute Gasteiger partial charge is 0.326 e. The van der Waals surface area contributed by atoms with Crippen LogP contribution in [0.5, 0.6) is 5.75 Å². The predicted octanol–water partition coefficient (Wildman–Crippen LogP) is 6.45. The molecule has 3 aromatic rings. The summed E-state index contributed by atoms with van der Waals surface area (Å²) in [6.07, 6.45) is 6.06. The summed E-state index contributed by atoms with van der Waals surface area (Å²) in [5, 5.41) is 13.3. The fourth-order valence-electron chi connectivity index (χ4n) is 4.80. The normalized spacial score (nSPS) is 14.5. The molecule has 1 unspecified atom stereocenters. The van der Waals surface area contributed by atoms with E-state index in [4.69, 9.17) is 27.9 Å². The maximum atomic E-state index is 13.0. The van der Waals surface area contributed by atoms with Crippen molar-refractivity contribution in [3.8, 4) is 16.9 Å². The van der Waals surface area contributed by atoms with Crippen LogP contribution in [0.1, 0.15) is 24.0 Å². The third-order valence-corrected chi connectivity index (χ3v) is 9.10. The van der Waals surface area contributed by atoms with Crippen molar-refractivity contribution in [3.05, 3.63) is 87.9 Å². The standard InChI is InChI=1S/C32H32Cl2N2O5S/c1-41-25-11-7-22(8-12-25)21-5-3-20(4-6-21)19-26(32(39)40)35-31(38)24-15-17-36(18-16-24)28(37)14-10-23-9-13-27(42-2)30(34)29(23)33/h3-14,24,26H,15-19H2,1-2H3,(H,35,38)(H,39,40)/b14-10+. The summed E-state index contributed by atoms with van der Waals surface area (Å²) < 4.78 is 5.20. The molecule has 1 saturated heterocycles. The van der Waals surface area contributed by atoms with Gasteiger partial charge in [0.25, 0.3) is 0 Å². The molecule has 220 valence electrons. The number of rotatable bonds is 10. The fourth-order valence-corrected chi connectivity index (χ4v) is 5.98. The first-order valence-corrected chi connectivity index (χ1v) is 15.4. The van der Waals surface area contributed by atoms with Crippen molar-refractivity contribution >= 4 is 58.8 Å². The summed E-state index contributed by atoms with van der Waals surface area (Å²) in [4.78, 5) is 40.2. The Bertz CT molecular complexity index is 1450. The van der Waals surface area contributed by atoms with Gasteiger partial charge in [-0.1, -0.05) is 65.7 Å². The van der Waals surface area contributed by atoms with Gasteiger partial charge in [0.15, 0.2) is 0 Å². The van der Waals surface area contributed by atoms with Gasteiger partial charge in [0, 0.05) is 36.4 Å². The number of likely N-dealkylation sites (tertiary alicyclic amines) is 1. The number of benzene rings is 3. The summed E-state index contributed by atoms with van der Waals surface area (Å²) in [6.45, 7) is 0.789. The first-order valence-electron chi connectivity index (χ1n) is 13.5. The number of halogens is 2. The second-order valence-electron chi connectivity index (χ2n) is 9.95. The average molecular weight is 628 g/mol. The zero-order chi connectivity index (χ0) is 30.2. The van der Waals surface area contributed by atoms with Crippen LogP contribution in [0.2, 0.25) is 10.0 Å². The first kappa shape index (κ1) is 31.5. The van der Waals surface area contributed by atoms with Gasteiger partial charge in [-0.3, -0.25) is 9.59 Å². The number of carboxylic acids is 1. The van der Waals surface area contributed by atoms with Gasteiger partial charge in [0.1, 0.15) is 11.8 Å². The molecular weight excluding hydrogens is 595 g/mol. The molecular formula is C32H32Cl2N2O5S. The van der Waals surface area contributed by atoms with E-state index in [-0.39, 0.29) is 24.2 Å². The number of amides is 2. The number of nitrogens with one attached hydrogen (secondary N) is 1. The summed E-state index contributed by atoms with van der Waals surface area (Å²) in [5.74, 6) is -1.19. The Hall–Kier alpha value is -3.46. The van der Waals surface area contributed by atoms with Gasteiger partial charge < -0.3 is 20.1 Å². The third-order valence-electron chi connectivity index (χ3n) is 7.31. The van der Waals surface area contributed by atoms with E-state index in [1.165, 1.54) is 17.8 Å². The van der Waals surface area contributed by atoms with Crippen molar-refractivity contribution in [1.82, 2.24) is 10.2 Å². The minimum Gasteiger partial charge on any atom is -0.497 e. The molecule has 2 amide bonds. The highest BCUT2D eigenvalue weighted by Gasteiger charge is 2.29. The molecule has 1 aliphatic rings. The Morgan fingerprint density at radius 2 is 1.62 bits per heavy atom. The Labute approximate surface area is 259 Å². The molecule has 0 radical (unpaired) electrons. The number of ether oxygens (including phenoxy) is 1. The molecule has 10 heteroatoms. The molecule has 2 N–H and O–H groups in total. The lowest BCUT2D eigenvalue weighted by Gasteiger charge is -2.31. The van der Waals surface area contributed by atoms with Gasteiger partial charge in [-0.05, 0) is 65.6 Å². The Morgan fingerprint density at radius 1 is 1.00 bits per heavy atom. The number of nitrogens with zero attached hydrogens (tertiary/aromatic N) is 1. The van der Waals surface area contributed by atoms with Gasteiger partial charge in [0.05, 0.1) is 17.2 Å². The zero-order valence-corrected chi connectivity index (χ0v) is 25.6. The molecule has 0 bridgehead atoms. The lowest BCUT2D eigenvalue weighted by Crippen LogP contribution is -2.48. The molecule has 0 aliphatic carbocycles. The monoisotopic (exact) mass is 626 g/mol. The van der Waals surface area contributed by atoms with E-state index in [0.717, 1.165) is 27.3 Å². The van der Waals surface area contributed by atoms with E-state index in [2.05, 4.69) is 5.32 Å². The van der Waals surface area contributed by atoms with E-state index < -0.39 is 12.0 Å². The maximum absolute atomic E-state index is 13.0. The number of methoxy groups -OCH3 is 1. The number of carboxylic acid groups (broad SMARTS) is 1. The highest BCUT2D eigenvalue weighted by atomic mass is 35.5. The van der Waals surface area contributed by atoms with Crippen molar-refractivity contribution in [3.63, 3.8) is 0 Å². The van der Waals surface area contributed by atoms with Gasteiger partial charge in [0.2, 0.25) is 11.8 Å². The Balaban J connectivity index is 1.29. The number of hydrogen-bond acceptors (Lipinski definition) is 5. The van der Waals surface area contributed by atoms with Crippen LogP contribution < -0.4 is 10.1 Å². The first-order chi connectivity index (χ1) is 20.2. The van der Waals surface area contributed by atoms with E-state index in [9.17, 15) is 19.5 Å². The van der Waals surface area contributed by atoms with Gasteiger partial charge in [-0.15, -0.1) is 11.8 Å². The van der Waals surface area contributed by atoms with Crippen LogP contribution in [-0.4, -0.2) is 60.3 Å². The molecule has 42 heavy (non-hydrogen) atoms. The molecule has 1 atom stereocenters. The van der Waals surface area contributed by atoms with E-state index in [1.54, 1.807) is 18.1 Å². The Morgan fingerprint density at radius 3 is 2.19 bits per heavy atom. The molecule has 0 aromatic heterocycles. The van der Waals surface area contributed by atoms with Crippen molar-refractivity contribution in [2.75, 3.05) is 26.5 Å². The highest BCUT2D eigenvalue weighted by Crippen LogP contribution is 2.35. The van der Waals surface area contributed by atoms with Crippen LogP contribution in [0.4, 0.5) is 0 Å². The molecule has 4 rings (SSSR count). The lowest BCUT2D eigenvalue weighted by atomic mass is 9.94. The van der Waals surface area contributed by atoms with Gasteiger partial charge in [-0.2, -0.15) is 0 Å². The van der Waals surface area contributed by atoms with Crippen molar-refractivity contribution in [2.24, 2.45) is 5.92 Å². The molecule has 0 spiro atoms. The summed E-state index contributed by atoms with van der Waals surface area (Å²) >= 11 is 14.1. The minimum atomic E-state index is -1.09. The highest BCUT2D eigenvalue weighted by molar-refractivity contribution is 7.98. The molecule has 3 aromatic carbocycles. The fraction of sp³-hybridized carbons (Fsp3) is 0.281. The second-order valence-corrected chi connectivity index (χ2v) is 11.6. The number of thioether (sulfide) groups is 1. The number of aliphatic carboxylic acids is 1. The maximum Gasteiger partial charge on any atom is 0.326 e. The molecule has 7 nitrogen and oxygen atoms in total. The zero-order valence-electron chi connectivity index (χ0n) is 23.3. The summed E-state index contributed by atoms with van der Waals surface area (Å²) in [6, 6.07) is 17.9. The molecule has 1 heterocycles. The van der Waals surface area contributed by atoms with Crippen LogP contribution in [0, 0.1) is 5.92 Å². The number of carbonyl (C=O) groups is 3. The predicted molar refractivity (Wildman–Crippen MR) is 168 cm³/mol. The van der Waals surface area contributed by atoms with Crippen molar-refractivity contribution in [1.29, 1.82) is 0 Å². The quantitative estimate of drug-likeness (QED) is 0.198. The number of hydrogen-bond donors (Lipinski definition) is 2. The van der Waals surface area contributed by atoms with Crippen molar-refractivity contribution in [2.45, 2.75) is 30.2 Å². The Kier molecular flexibility index (Phi) is 11.0. The minimum absolute atomic E-state index is 0.163. The van der Waals surface area contributed by atoms with Crippen LogP contribution in [0.15, 0.2) is 71.6 Å². The summed E-state index contributed by atoms with van der Waals surface area (Å²) in [7, 11) is 1.62. The molecule has 1 aliphatic heterocycles. The lowest BCUT2D eigenvalue weighted by molar-refractivity contribution is -0.142. The average Bonchev–Trinajstić information content (AvgIpc) is 3.01. The second kappa shape index (κ2) is 14.6. The van der Waals surface area contributed by atoms with E-state index in [0.29, 0.717) is 41.5 Å². The van der Waals surface area contributed by atoms with E-state index in [1.807, 2.05) is 66.9 Å². The molecule has 0 saturated carbocycles. The van der Waals surface area contributed by atoms with Crippen LogP contribution >= 0.6 is 35.0 Å². The van der Waals surface area contributed by atoms with Gasteiger partial charge >= 0.3 is 5.97 Å². The number of piperidine rings is 1. The van der Waals surface area contributed by atoms with Crippen LogP contribution in [0.3, 0.4) is 0 Å².